The Morgan fingerprint density at radius 2 is 1.68 bits per heavy atom. The number of benzene rings is 1. The van der Waals surface area contributed by atoms with E-state index in [9.17, 15) is 26.7 Å². The molecule has 1 saturated heterocycles. The second kappa shape index (κ2) is 6.17. The first-order valence-electron chi connectivity index (χ1n) is 6.94. The largest absolute Gasteiger partial charge is 0.414 e. The average Bonchev–Trinajstić information content (AvgIpc) is 2.46. The number of piperidine rings is 1. The summed E-state index contributed by atoms with van der Waals surface area (Å²) in [6, 6.07) is 6.32. The number of hydrogen-bond acceptors (Lipinski definition) is 3. The van der Waals surface area contributed by atoms with Gasteiger partial charge in [-0.2, -0.15) is 17.5 Å². The highest BCUT2D eigenvalue weighted by Crippen LogP contribution is 2.33. The van der Waals surface area contributed by atoms with Crippen LogP contribution in [0.5, 0.6) is 0 Å². The minimum Gasteiger partial charge on any atom is -0.383 e. The normalized spacial score (nSPS) is 20.0. The molecule has 0 aromatic heterocycles. The number of rotatable bonds is 3. The minimum atomic E-state index is -4.66. The number of hydrogen-bond donors (Lipinski definition) is 1. The molecule has 0 unspecified atom stereocenters. The summed E-state index contributed by atoms with van der Waals surface area (Å²) in [4.78, 5) is 0.132. The van der Waals surface area contributed by atoms with E-state index in [1.807, 2.05) is 6.92 Å². The molecule has 0 aliphatic carbocycles. The second-order valence-electron chi connectivity index (χ2n) is 5.54. The van der Waals surface area contributed by atoms with Crippen molar-refractivity contribution in [3.8, 4) is 0 Å². The van der Waals surface area contributed by atoms with E-state index in [1.165, 1.54) is 16.4 Å². The highest BCUT2D eigenvalue weighted by molar-refractivity contribution is 7.89. The fraction of sp³-hybridized carbons (Fsp3) is 0.571. The van der Waals surface area contributed by atoms with Crippen molar-refractivity contribution in [1.82, 2.24) is 4.31 Å². The van der Waals surface area contributed by atoms with Gasteiger partial charge in [0.1, 0.15) is 0 Å². The Balaban J connectivity index is 2.06. The van der Waals surface area contributed by atoms with Gasteiger partial charge < -0.3 is 5.11 Å². The number of sulfonamides is 1. The first kappa shape index (κ1) is 17.2. The van der Waals surface area contributed by atoms with E-state index in [1.54, 1.807) is 12.1 Å². The van der Waals surface area contributed by atoms with Gasteiger partial charge in [0.25, 0.3) is 0 Å². The first-order valence-corrected chi connectivity index (χ1v) is 8.38. The molecule has 0 saturated carbocycles. The molecule has 1 aromatic rings. The molecule has 8 heteroatoms. The number of aliphatic hydroxyl groups is 1. The molecule has 1 aliphatic rings. The van der Waals surface area contributed by atoms with Crippen LogP contribution in [-0.2, 0) is 10.0 Å². The molecule has 2 rings (SSSR count). The van der Waals surface area contributed by atoms with Crippen molar-refractivity contribution in [3.05, 3.63) is 29.8 Å². The van der Waals surface area contributed by atoms with E-state index < -0.39 is 28.2 Å². The standard InChI is InChI=1S/C14H18F3NO3S/c1-10-2-4-12(5-3-10)22(20,21)18-8-6-11(7-9-18)13(19)14(15,16)17/h2-5,11,13,19H,6-9H2,1H3/t13-/m1/s1. The lowest BCUT2D eigenvalue weighted by Gasteiger charge is -2.34. The Kier molecular flexibility index (Phi) is 4.84. The molecule has 1 N–H and O–H groups in total. The van der Waals surface area contributed by atoms with Gasteiger partial charge in [-0.05, 0) is 37.8 Å². The number of halogens is 3. The molecule has 22 heavy (non-hydrogen) atoms. The van der Waals surface area contributed by atoms with Gasteiger partial charge >= 0.3 is 6.18 Å². The second-order valence-corrected chi connectivity index (χ2v) is 7.48. The fourth-order valence-corrected chi connectivity index (χ4v) is 4.03. The average molecular weight is 337 g/mol. The zero-order valence-corrected chi connectivity index (χ0v) is 12.9. The first-order chi connectivity index (χ1) is 10.1. The van der Waals surface area contributed by atoms with Crippen molar-refractivity contribution in [2.45, 2.75) is 36.9 Å². The van der Waals surface area contributed by atoms with Crippen LogP contribution in [0.4, 0.5) is 13.2 Å². The zero-order valence-electron chi connectivity index (χ0n) is 12.0. The molecule has 1 aliphatic heterocycles. The summed E-state index contributed by atoms with van der Waals surface area (Å²) in [5.41, 5.74) is 0.922. The van der Waals surface area contributed by atoms with E-state index in [2.05, 4.69) is 0 Å². The Morgan fingerprint density at radius 3 is 2.14 bits per heavy atom. The summed E-state index contributed by atoms with van der Waals surface area (Å²) < 4.78 is 63.5. The molecule has 124 valence electrons. The third-order valence-electron chi connectivity index (χ3n) is 3.94. The summed E-state index contributed by atoms with van der Waals surface area (Å²) in [6.45, 7) is 1.79. The zero-order chi connectivity index (χ0) is 16.5. The maximum atomic E-state index is 12.5. The Labute approximate surface area is 127 Å². The topological polar surface area (TPSA) is 57.6 Å². The molecular formula is C14H18F3NO3S. The summed E-state index contributed by atoms with van der Waals surface area (Å²) in [5.74, 6) is -0.954. The van der Waals surface area contributed by atoms with Crippen molar-refractivity contribution in [2.75, 3.05) is 13.1 Å². The number of alkyl halides is 3. The van der Waals surface area contributed by atoms with Crippen LogP contribution in [0.2, 0.25) is 0 Å². The number of nitrogens with zero attached hydrogens (tertiary/aromatic N) is 1. The maximum Gasteiger partial charge on any atom is 0.414 e. The van der Waals surface area contributed by atoms with Crippen LogP contribution < -0.4 is 0 Å². The highest BCUT2D eigenvalue weighted by atomic mass is 32.2. The van der Waals surface area contributed by atoms with Crippen LogP contribution in [0.3, 0.4) is 0 Å². The van der Waals surface area contributed by atoms with Gasteiger partial charge in [-0.3, -0.25) is 0 Å². The lowest BCUT2D eigenvalue weighted by atomic mass is 9.92. The molecule has 0 radical (unpaired) electrons. The summed E-state index contributed by atoms with van der Waals surface area (Å²) >= 11 is 0. The smallest absolute Gasteiger partial charge is 0.383 e. The molecule has 1 aromatic carbocycles. The predicted molar refractivity (Wildman–Crippen MR) is 74.7 cm³/mol. The van der Waals surface area contributed by atoms with E-state index in [0.717, 1.165) is 5.56 Å². The SMILES string of the molecule is Cc1ccc(S(=O)(=O)N2CCC([C@@H](O)C(F)(F)F)CC2)cc1. The third kappa shape index (κ3) is 3.61. The Bertz CT molecular complexity index is 605. The number of aryl methyl sites for hydroxylation is 1. The number of aliphatic hydroxyl groups excluding tert-OH is 1. The van der Waals surface area contributed by atoms with Crippen molar-refractivity contribution in [1.29, 1.82) is 0 Å². The predicted octanol–water partition coefficient (Wildman–Crippen LogP) is 2.32. The van der Waals surface area contributed by atoms with Gasteiger partial charge in [-0.25, -0.2) is 8.42 Å². The van der Waals surface area contributed by atoms with Crippen LogP contribution in [0.1, 0.15) is 18.4 Å². The van der Waals surface area contributed by atoms with Crippen LogP contribution in [0.25, 0.3) is 0 Å². The van der Waals surface area contributed by atoms with Crippen molar-refractivity contribution in [2.24, 2.45) is 5.92 Å². The summed E-state index contributed by atoms with van der Waals surface area (Å²) in [7, 11) is -3.69. The summed E-state index contributed by atoms with van der Waals surface area (Å²) in [6.07, 6.45) is -7.07. The minimum absolute atomic E-state index is 0.00817. The molecule has 0 spiro atoms. The lowest BCUT2D eigenvalue weighted by molar-refractivity contribution is -0.222. The monoisotopic (exact) mass is 337 g/mol. The van der Waals surface area contributed by atoms with Gasteiger partial charge in [-0.1, -0.05) is 17.7 Å². The highest BCUT2D eigenvalue weighted by Gasteiger charge is 2.45. The molecule has 4 nitrogen and oxygen atoms in total. The van der Waals surface area contributed by atoms with Crippen molar-refractivity contribution in [3.63, 3.8) is 0 Å². The molecule has 0 bridgehead atoms. The van der Waals surface area contributed by atoms with Crippen molar-refractivity contribution < 1.29 is 26.7 Å². The molecule has 0 amide bonds. The lowest BCUT2D eigenvalue weighted by Crippen LogP contribution is -2.45. The summed E-state index contributed by atoms with van der Waals surface area (Å²) in [5, 5.41) is 9.25. The molecule has 1 heterocycles. The van der Waals surface area contributed by atoms with Crippen LogP contribution in [0, 0.1) is 12.8 Å². The Hall–Kier alpha value is -1.12. The van der Waals surface area contributed by atoms with Gasteiger partial charge in [0.2, 0.25) is 10.0 Å². The van der Waals surface area contributed by atoms with Gasteiger partial charge in [0.05, 0.1) is 4.90 Å². The van der Waals surface area contributed by atoms with Gasteiger partial charge in [0, 0.05) is 13.1 Å². The molecule has 1 atom stereocenters. The molecule has 1 fully saturated rings. The van der Waals surface area contributed by atoms with Crippen LogP contribution >= 0.6 is 0 Å². The van der Waals surface area contributed by atoms with E-state index in [-0.39, 0.29) is 30.8 Å². The van der Waals surface area contributed by atoms with E-state index in [4.69, 9.17) is 0 Å². The van der Waals surface area contributed by atoms with E-state index >= 15 is 0 Å². The maximum absolute atomic E-state index is 12.5. The fourth-order valence-electron chi connectivity index (χ4n) is 2.56. The van der Waals surface area contributed by atoms with Crippen molar-refractivity contribution >= 4 is 10.0 Å². The quantitative estimate of drug-likeness (QED) is 0.921. The van der Waals surface area contributed by atoms with Crippen LogP contribution in [-0.4, -0.2) is 43.2 Å². The van der Waals surface area contributed by atoms with E-state index in [0.29, 0.717) is 0 Å². The third-order valence-corrected chi connectivity index (χ3v) is 5.85. The van der Waals surface area contributed by atoms with Gasteiger partial charge in [-0.15, -0.1) is 0 Å². The van der Waals surface area contributed by atoms with Crippen LogP contribution in [0.15, 0.2) is 29.2 Å². The Morgan fingerprint density at radius 1 is 1.18 bits per heavy atom. The van der Waals surface area contributed by atoms with Gasteiger partial charge in [0.15, 0.2) is 6.10 Å². The molecular weight excluding hydrogens is 319 g/mol.